The predicted molar refractivity (Wildman–Crippen MR) is 152 cm³/mol. The number of allylic oxidation sites excluding steroid dienone is 1. The molecule has 1 aliphatic heterocycles. The van der Waals surface area contributed by atoms with Gasteiger partial charge in [-0.2, -0.15) is 0 Å². The van der Waals surface area contributed by atoms with Gasteiger partial charge in [-0.05, 0) is 53.9 Å². The first-order chi connectivity index (χ1) is 16.7. The predicted octanol–water partition coefficient (Wildman–Crippen LogP) is 8.59. The lowest BCUT2D eigenvalue weighted by atomic mass is 9.79. The van der Waals surface area contributed by atoms with Crippen LogP contribution < -0.4 is 10.6 Å². The Morgan fingerprint density at radius 1 is 0.771 bits per heavy atom. The fraction of sp³-hybridized carbons (Fsp3) is 0.903. The molecule has 0 bridgehead atoms. The lowest BCUT2D eigenvalue weighted by molar-refractivity contribution is -0.139. The molecule has 1 heterocycles. The molecular formula is C31H60N2O2. The number of esters is 1. The van der Waals surface area contributed by atoms with Crippen LogP contribution in [0.25, 0.3) is 0 Å². The van der Waals surface area contributed by atoms with Crippen molar-refractivity contribution in [2.24, 2.45) is 0 Å². The Morgan fingerprint density at radius 2 is 1.17 bits per heavy atom. The molecule has 4 heteroatoms. The molecule has 0 radical (unpaired) electrons. The summed E-state index contributed by atoms with van der Waals surface area (Å²) >= 11 is 0. The first-order valence-corrected chi connectivity index (χ1v) is 15.1. The van der Waals surface area contributed by atoms with E-state index in [1.165, 1.54) is 89.9 Å². The van der Waals surface area contributed by atoms with Crippen LogP contribution in [0.1, 0.15) is 157 Å². The number of nitrogens with one attached hydrogen (secondary N) is 2. The molecule has 35 heavy (non-hydrogen) atoms. The zero-order valence-electron chi connectivity index (χ0n) is 24.4. The maximum absolute atomic E-state index is 12.6. The van der Waals surface area contributed by atoms with Crippen molar-refractivity contribution < 1.29 is 9.53 Å². The summed E-state index contributed by atoms with van der Waals surface area (Å²) in [5.74, 6) is -0.206. The molecular weight excluding hydrogens is 432 g/mol. The van der Waals surface area contributed by atoms with Gasteiger partial charge >= 0.3 is 5.97 Å². The van der Waals surface area contributed by atoms with Crippen LogP contribution in [0, 0.1) is 0 Å². The van der Waals surface area contributed by atoms with E-state index in [2.05, 4.69) is 45.3 Å². The summed E-state index contributed by atoms with van der Waals surface area (Å²) in [5, 5.41) is 7.16. The van der Waals surface area contributed by atoms with Crippen LogP contribution >= 0.6 is 0 Å². The number of hydrogen-bond acceptors (Lipinski definition) is 4. The van der Waals surface area contributed by atoms with Gasteiger partial charge in [-0.15, -0.1) is 0 Å². The van der Waals surface area contributed by atoms with Crippen molar-refractivity contribution in [3.8, 4) is 0 Å². The highest BCUT2D eigenvalue weighted by atomic mass is 16.5. The van der Waals surface area contributed by atoms with E-state index < -0.39 is 0 Å². The molecule has 1 saturated heterocycles. The number of ether oxygens (including phenoxy) is 1. The van der Waals surface area contributed by atoms with E-state index in [9.17, 15) is 4.79 Å². The summed E-state index contributed by atoms with van der Waals surface area (Å²) in [4.78, 5) is 12.6. The quantitative estimate of drug-likeness (QED) is 0.101. The Bertz CT molecular complexity index is 567. The molecule has 1 aliphatic rings. The van der Waals surface area contributed by atoms with Gasteiger partial charge in [-0.3, -0.25) is 0 Å². The molecule has 0 aromatic rings. The van der Waals surface area contributed by atoms with Gasteiger partial charge in [0.2, 0.25) is 0 Å². The average molecular weight is 493 g/mol. The van der Waals surface area contributed by atoms with E-state index in [1.807, 2.05) is 13.0 Å². The molecule has 1 fully saturated rings. The lowest BCUT2D eigenvalue weighted by Gasteiger charge is -2.47. The molecule has 0 atom stereocenters. The standard InChI is InChI=1S/C31H60N2O2/c1-7-9-10-11-12-13-14-15-16-17-18-19-20-21-22-23-24-35-29(34)28(8-2)32-27-25-30(3,4)33-31(5,6)26-27/h8,27,32-33H,7,9-26H2,1-6H3. The van der Waals surface area contributed by atoms with Crippen LogP contribution in [0.4, 0.5) is 0 Å². The van der Waals surface area contributed by atoms with Gasteiger partial charge in [0.25, 0.3) is 0 Å². The normalized spacial score (nSPS) is 17.9. The van der Waals surface area contributed by atoms with Gasteiger partial charge < -0.3 is 15.4 Å². The number of rotatable bonds is 20. The highest BCUT2D eigenvalue weighted by molar-refractivity contribution is 5.87. The molecule has 1 rings (SSSR count). The minimum absolute atomic E-state index is 0.0513. The van der Waals surface area contributed by atoms with Crippen molar-refractivity contribution >= 4 is 5.97 Å². The van der Waals surface area contributed by atoms with E-state index in [4.69, 9.17) is 4.74 Å². The van der Waals surface area contributed by atoms with Crippen LogP contribution in [0.3, 0.4) is 0 Å². The first kappa shape index (κ1) is 32.0. The fourth-order valence-electron chi connectivity index (χ4n) is 5.80. The van der Waals surface area contributed by atoms with Gasteiger partial charge in [0.1, 0.15) is 5.70 Å². The van der Waals surface area contributed by atoms with Gasteiger partial charge in [0.05, 0.1) is 6.61 Å². The van der Waals surface area contributed by atoms with Crippen molar-refractivity contribution in [2.75, 3.05) is 6.61 Å². The Hall–Kier alpha value is -1.03. The summed E-state index contributed by atoms with van der Waals surface area (Å²) in [7, 11) is 0. The second-order valence-corrected chi connectivity index (χ2v) is 12.3. The molecule has 0 spiro atoms. The van der Waals surface area contributed by atoms with E-state index >= 15 is 0 Å². The topological polar surface area (TPSA) is 50.4 Å². The molecule has 0 aromatic carbocycles. The smallest absolute Gasteiger partial charge is 0.354 e. The summed E-state index contributed by atoms with van der Waals surface area (Å²) in [6.45, 7) is 13.6. The van der Waals surface area contributed by atoms with Gasteiger partial charge in [0.15, 0.2) is 0 Å². The molecule has 0 amide bonds. The van der Waals surface area contributed by atoms with Crippen molar-refractivity contribution in [3.63, 3.8) is 0 Å². The van der Waals surface area contributed by atoms with Crippen molar-refractivity contribution in [2.45, 2.75) is 174 Å². The maximum Gasteiger partial charge on any atom is 0.354 e. The average Bonchev–Trinajstić information content (AvgIpc) is 2.77. The van der Waals surface area contributed by atoms with Crippen LogP contribution in [0.5, 0.6) is 0 Å². The SMILES string of the molecule is CC=C(NC1CC(C)(C)NC(C)(C)C1)C(=O)OCCCCCCCCCCCCCCCCCC. The summed E-state index contributed by atoms with van der Waals surface area (Å²) in [5.41, 5.74) is 0.714. The highest BCUT2D eigenvalue weighted by Crippen LogP contribution is 2.29. The Kier molecular flexibility index (Phi) is 16.7. The van der Waals surface area contributed by atoms with Gasteiger partial charge in [-0.1, -0.05) is 109 Å². The van der Waals surface area contributed by atoms with Crippen LogP contribution in [0.15, 0.2) is 11.8 Å². The van der Waals surface area contributed by atoms with E-state index in [1.54, 1.807) is 0 Å². The summed E-state index contributed by atoms with van der Waals surface area (Å²) in [6, 6.07) is 0.274. The van der Waals surface area contributed by atoms with Crippen LogP contribution in [-0.2, 0) is 9.53 Å². The van der Waals surface area contributed by atoms with E-state index in [0.29, 0.717) is 12.3 Å². The highest BCUT2D eigenvalue weighted by Gasteiger charge is 2.38. The summed E-state index contributed by atoms with van der Waals surface area (Å²) in [6.07, 6.45) is 25.4. The van der Waals surface area contributed by atoms with Crippen LogP contribution in [-0.4, -0.2) is 29.7 Å². The Labute approximate surface area is 218 Å². The third-order valence-corrected chi connectivity index (χ3v) is 7.29. The zero-order valence-corrected chi connectivity index (χ0v) is 24.4. The number of unbranched alkanes of at least 4 members (excludes halogenated alkanes) is 15. The van der Waals surface area contributed by atoms with Crippen molar-refractivity contribution in [3.05, 3.63) is 11.8 Å². The Morgan fingerprint density at radius 3 is 1.57 bits per heavy atom. The minimum atomic E-state index is -0.206. The molecule has 206 valence electrons. The maximum atomic E-state index is 12.6. The molecule has 2 N–H and O–H groups in total. The van der Waals surface area contributed by atoms with Crippen molar-refractivity contribution in [1.82, 2.24) is 10.6 Å². The molecule has 4 nitrogen and oxygen atoms in total. The van der Waals surface area contributed by atoms with Crippen molar-refractivity contribution in [1.29, 1.82) is 0 Å². The molecule has 0 saturated carbocycles. The first-order valence-electron chi connectivity index (χ1n) is 15.1. The number of carbonyl (C=O) groups excluding carboxylic acids is 1. The largest absolute Gasteiger partial charge is 0.461 e. The van der Waals surface area contributed by atoms with Crippen LogP contribution in [0.2, 0.25) is 0 Å². The van der Waals surface area contributed by atoms with Gasteiger partial charge in [0, 0.05) is 17.1 Å². The third kappa shape index (κ3) is 16.4. The number of piperidine rings is 1. The summed E-state index contributed by atoms with van der Waals surface area (Å²) < 4.78 is 5.57. The lowest BCUT2D eigenvalue weighted by Crippen LogP contribution is -2.61. The second kappa shape index (κ2) is 18.3. The van der Waals surface area contributed by atoms with E-state index in [-0.39, 0.29) is 23.1 Å². The molecule has 0 aliphatic carbocycles. The fourth-order valence-corrected chi connectivity index (χ4v) is 5.80. The Balaban J connectivity index is 2.00. The second-order valence-electron chi connectivity index (χ2n) is 12.3. The molecule has 0 aromatic heterocycles. The monoisotopic (exact) mass is 492 g/mol. The number of carbonyl (C=O) groups is 1. The zero-order chi connectivity index (χ0) is 26.0. The third-order valence-electron chi connectivity index (χ3n) is 7.29. The minimum Gasteiger partial charge on any atom is -0.461 e. The van der Waals surface area contributed by atoms with Gasteiger partial charge in [-0.25, -0.2) is 4.79 Å². The molecule has 0 unspecified atom stereocenters. The van der Waals surface area contributed by atoms with E-state index in [0.717, 1.165) is 25.7 Å². The number of hydrogen-bond donors (Lipinski definition) is 2.